The number of hydrogen-bond acceptors (Lipinski definition) is 4. The highest BCUT2D eigenvalue weighted by Gasteiger charge is 2.27. The molecule has 5 nitrogen and oxygen atoms in total. The zero-order valence-electron chi connectivity index (χ0n) is 9.62. The predicted molar refractivity (Wildman–Crippen MR) is 69.8 cm³/mol. The van der Waals surface area contributed by atoms with E-state index in [1.165, 1.54) is 0 Å². The van der Waals surface area contributed by atoms with Gasteiger partial charge < -0.3 is 4.74 Å². The van der Waals surface area contributed by atoms with Gasteiger partial charge in [-0.05, 0) is 46.3 Å². The van der Waals surface area contributed by atoms with Crippen molar-refractivity contribution in [1.29, 1.82) is 0 Å². The fourth-order valence-corrected chi connectivity index (χ4v) is 3.26. The Hall–Kier alpha value is -0.500. The number of hydrogen-bond donors (Lipinski definition) is 1. The number of halogens is 1. The van der Waals surface area contributed by atoms with Crippen LogP contribution in [0, 0.1) is 5.92 Å². The smallest absolute Gasteiger partial charge is 0.265 e. The Morgan fingerprint density at radius 3 is 2.89 bits per heavy atom. The highest BCUT2D eigenvalue weighted by atomic mass is 79.9. The third-order valence-corrected chi connectivity index (χ3v) is 4.32. The molecule has 1 N–H and O–H groups in total. The Labute approximate surface area is 114 Å². The summed E-state index contributed by atoms with van der Waals surface area (Å²) in [7, 11) is -3.91. The van der Waals surface area contributed by atoms with E-state index in [0.29, 0.717) is 19.4 Å². The van der Waals surface area contributed by atoms with Crippen LogP contribution >= 0.6 is 15.9 Å². The lowest BCUT2D eigenvalue weighted by Crippen LogP contribution is -2.25. The maximum absolute atomic E-state index is 10.9. The highest BCUT2D eigenvalue weighted by molar-refractivity contribution is 9.10. The van der Waals surface area contributed by atoms with Crippen molar-refractivity contribution in [1.82, 2.24) is 4.98 Å². The maximum Gasteiger partial charge on any atom is 0.265 e. The van der Waals surface area contributed by atoms with Gasteiger partial charge in [-0.2, -0.15) is 8.42 Å². The minimum atomic E-state index is -3.91. The summed E-state index contributed by atoms with van der Waals surface area (Å²) < 4.78 is 37.0. The average Bonchev–Trinajstić information content (AvgIpc) is 2.28. The van der Waals surface area contributed by atoms with Crippen LogP contribution in [-0.4, -0.2) is 30.3 Å². The molecule has 0 aromatic carbocycles. The van der Waals surface area contributed by atoms with E-state index in [1.54, 1.807) is 6.20 Å². The van der Waals surface area contributed by atoms with E-state index in [1.807, 2.05) is 12.1 Å². The van der Waals surface area contributed by atoms with Crippen LogP contribution in [0.4, 0.5) is 0 Å². The van der Waals surface area contributed by atoms with Gasteiger partial charge in [0.05, 0.1) is 11.9 Å². The molecule has 1 aliphatic rings. The molecule has 0 amide bonds. The first-order chi connectivity index (χ1) is 8.44. The highest BCUT2D eigenvalue weighted by Crippen LogP contribution is 2.32. The van der Waals surface area contributed by atoms with Crippen molar-refractivity contribution in [2.75, 3.05) is 12.4 Å². The Bertz CT molecular complexity index is 502. The van der Waals surface area contributed by atoms with Gasteiger partial charge in [0.15, 0.2) is 0 Å². The zero-order valence-corrected chi connectivity index (χ0v) is 12.0. The van der Waals surface area contributed by atoms with Gasteiger partial charge in [0.25, 0.3) is 10.1 Å². The molecule has 1 aromatic heterocycles. The Balaban J connectivity index is 2.04. The monoisotopic (exact) mass is 335 g/mol. The summed E-state index contributed by atoms with van der Waals surface area (Å²) in [5, 5.41) is 0. The van der Waals surface area contributed by atoms with Gasteiger partial charge in [0.2, 0.25) is 0 Å². The van der Waals surface area contributed by atoms with Crippen LogP contribution in [0.1, 0.15) is 24.5 Å². The summed E-state index contributed by atoms with van der Waals surface area (Å²) in [6.07, 6.45) is 2.81. The third kappa shape index (κ3) is 4.01. The maximum atomic E-state index is 10.9. The van der Waals surface area contributed by atoms with E-state index >= 15 is 0 Å². The molecule has 1 aliphatic heterocycles. The molecule has 1 saturated heterocycles. The van der Waals surface area contributed by atoms with Crippen molar-refractivity contribution in [2.45, 2.75) is 18.9 Å². The lowest BCUT2D eigenvalue weighted by atomic mass is 9.94. The summed E-state index contributed by atoms with van der Waals surface area (Å²) >= 11 is 3.26. The fourth-order valence-electron chi connectivity index (χ4n) is 2.12. The standard InChI is InChI=1S/C11H14BrNO4S/c12-11-2-1-9(6-13-11)10-5-8(3-4-17-10)7-18(14,15)16/h1-2,6,8,10H,3-5,7H2,(H,14,15,16). The molecule has 7 heteroatoms. The number of nitrogens with zero attached hydrogens (tertiary/aromatic N) is 1. The van der Waals surface area contributed by atoms with E-state index in [4.69, 9.17) is 9.29 Å². The van der Waals surface area contributed by atoms with Crippen molar-refractivity contribution in [3.05, 3.63) is 28.5 Å². The van der Waals surface area contributed by atoms with Crippen molar-refractivity contribution in [3.63, 3.8) is 0 Å². The van der Waals surface area contributed by atoms with Gasteiger partial charge in [-0.15, -0.1) is 0 Å². The van der Waals surface area contributed by atoms with E-state index in [2.05, 4.69) is 20.9 Å². The molecule has 100 valence electrons. The second-order valence-electron chi connectivity index (χ2n) is 4.41. The van der Waals surface area contributed by atoms with E-state index < -0.39 is 10.1 Å². The Morgan fingerprint density at radius 2 is 2.28 bits per heavy atom. The third-order valence-electron chi connectivity index (χ3n) is 2.96. The Kier molecular flexibility index (Phi) is 4.37. The van der Waals surface area contributed by atoms with Crippen molar-refractivity contribution in [3.8, 4) is 0 Å². The fraction of sp³-hybridized carbons (Fsp3) is 0.545. The van der Waals surface area contributed by atoms with Gasteiger partial charge in [-0.1, -0.05) is 6.07 Å². The molecule has 0 bridgehead atoms. The predicted octanol–water partition coefficient (Wildman–Crippen LogP) is 2.20. The molecule has 2 unspecified atom stereocenters. The molecule has 18 heavy (non-hydrogen) atoms. The number of aromatic nitrogens is 1. The normalized spacial score (nSPS) is 25.0. The largest absolute Gasteiger partial charge is 0.373 e. The van der Waals surface area contributed by atoms with Crippen LogP contribution in [0.15, 0.2) is 22.9 Å². The van der Waals surface area contributed by atoms with Crippen LogP contribution in [0.25, 0.3) is 0 Å². The molecule has 2 heterocycles. The summed E-state index contributed by atoms with van der Waals surface area (Å²) in [4.78, 5) is 4.12. The topological polar surface area (TPSA) is 76.5 Å². The molecule has 0 spiro atoms. The van der Waals surface area contributed by atoms with Gasteiger partial charge >= 0.3 is 0 Å². The zero-order chi connectivity index (χ0) is 13.2. The molecular formula is C11H14BrNO4S. The van der Waals surface area contributed by atoms with Crippen LogP contribution in [0.3, 0.4) is 0 Å². The van der Waals surface area contributed by atoms with E-state index in [-0.39, 0.29) is 17.8 Å². The molecule has 1 fully saturated rings. The van der Waals surface area contributed by atoms with Gasteiger partial charge in [0.1, 0.15) is 4.60 Å². The first kappa shape index (κ1) is 13.9. The second kappa shape index (κ2) is 5.64. The summed E-state index contributed by atoms with van der Waals surface area (Å²) in [6.45, 7) is 0.501. The minimum Gasteiger partial charge on any atom is -0.373 e. The van der Waals surface area contributed by atoms with Crippen LogP contribution in [0.5, 0.6) is 0 Å². The lowest BCUT2D eigenvalue weighted by Gasteiger charge is -2.28. The van der Waals surface area contributed by atoms with Crippen LogP contribution in [0.2, 0.25) is 0 Å². The first-order valence-electron chi connectivity index (χ1n) is 5.62. The summed E-state index contributed by atoms with van der Waals surface area (Å²) in [5.74, 6) is -0.265. The van der Waals surface area contributed by atoms with E-state index in [0.717, 1.165) is 10.2 Å². The van der Waals surface area contributed by atoms with Gasteiger partial charge in [0, 0.05) is 12.8 Å². The van der Waals surface area contributed by atoms with Crippen molar-refractivity contribution < 1.29 is 17.7 Å². The molecule has 2 rings (SSSR count). The minimum absolute atomic E-state index is 0.0672. The van der Waals surface area contributed by atoms with Crippen molar-refractivity contribution >= 4 is 26.0 Å². The molecule has 0 aliphatic carbocycles. The number of rotatable bonds is 3. The van der Waals surface area contributed by atoms with Crippen molar-refractivity contribution in [2.24, 2.45) is 5.92 Å². The molecule has 0 saturated carbocycles. The number of pyridine rings is 1. The average molecular weight is 336 g/mol. The second-order valence-corrected chi connectivity index (χ2v) is 6.72. The molecular weight excluding hydrogens is 322 g/mol. The molecule has 2 atom stereocenters. The number of ether oxygens (including phenoxy) is 1. The van der Waals surface area contributed by atoms with E-state index in [9.17, 15) is 8.42 Å². The quantitative estimate of drug-likeness (QED) is 0.676. The van der Waals surface area contributed by atoms with Crippen LogP contribution in [-0.2, 0) is 14.9 Å². The van der Waals surface area contributed by atoms with Gasteiger partial charge in [-0.3, -0.25) is 4.55 Å². The lowest BCUT2D eigenvalue weighted by molar-refractivity contribution is -0.00606. The Morgan fingerprint density at radius 1 is 1.50 bits per heavy atom. The summed E-state index contributed by atoms with van der Waals surface area (Å²) in [5.41, 5.74) is 0.929. The SMILES string of the molecule is O=S(=O)(O)CC1CCOC(c2ccc(Br)nc2)C1. The van der Waals surface area contributed by atoms with Crippen LogP contribution < -0.4 is 0 Å². The van der Waals surface area contributed by atoms with Gasteiger partial charge in [-0.25, -0.2) is 4.98 Å². The molecule has 0 radical (unpaired) electrons. The summed E-state index contributed by atoms with van der Waals surface area (Å²) in [6, 6.07) is 3.72. The first-order valence-corrected chi connectivity index (χ1v) is 8.02. The molecule has 1 aromatic rings.